The summed E-state index contributed by atoms with van der Waals surface area (Å²) < 4.78 is 0. The summed E-state index contributed by atoms with van der Waals surface area (Å²) in [6.45, 7) is 0. The fourth-order valence-corrected chi connectivity index (χ4v) is 2.36. The number of Topliss-reactive ketones (excluding diaryl/α,β-unsaturated/α-hetero) is 1. The molecule has 1 aromatic rings. The van der Waals surface area contributed by atoms with Crippen LogP contribution in [-0.4, -0.2) is 11.3 Å². The van der Waals surface area contributed by atoms with Gasteiger partial charge in [-0.05, 0) is 37.0 Å². The van der Waals surface area contributed by atoms with Crippen molar-refractivity contribution in [3.05, 3.63) is 35.4 Å². The first kappa shape index (κ1) is 11.8. The molecule has 2 rings (SSSR count). The van der Waals surface area contributed by atoms with Gasteiger partial charge in [-0.25, -0.2) is 0 Å². The highest BCUT2D eigenvalue weighted by Gasteiger charge is 2.35. The number of nitriles is 1. The molecule has 0 radical (unpaired) electrons. The third-order valence-corrected chi connectivity index (χ3v) is 3.43. The van der Waals surface area contributed by atoms with Gasteiger partial charge in [0.15, 0.2) is 5.78 Å². The van der Waals surface area contributed by atoms with Crippen molar-refractivity contribution in [3.63, 3.8) is 0 Å². The number of hydrogen-bond acceptors (Lipinski definition) is 3. The van der Waals surface area contributed by atoms with Crippen molar-refractivity contribution in [1.82, 2.24) is 0 Å². The largest absolute Gasteiger partial charge is 0.319 e. The second-order valence-electron chi connectivity index (χ2n) is 4.77. The summed E-state index contributed by atoms with van der Waals surface area (Å²) in [5, 5.41) is 8.71. The van der Waals surface area contributed by atoms with E-state index in [2.05, 4.69) is 6.07 Å². The van der Waals surface area contributed by atoms with Gasteiger partial charge < -0.3 is 5.73 Å². The van der Waals surface area contributed by atoms with Crippen molar-refractivity contribution < 1.29 is 4.79 Å². The predicted molar refractivity (Wildman–Crippen MR) is 65.3 cm³/mol. The smallest absolute Gasteiger partial charge is 0.152 e. The first-order valence-corrected chi connectivity index (χ1v) is 5.95. The number of hydrogen-bond donors (Lipinski definition) is 1. The Morgan fingerprint density at radius 3 is 2.59 bits per heavy atom. The van der Waals surface area contributed by atoms with Gasteiger partial charge in [-0.2, -0.15) is 5.26 Å². The maximum Gasteiger partial charge on any atom is 0.152 e. The number of nitrogens with zero attached hydrogens (tertiary/aromatic N) is 1. The molecule has 1 unspecified atom stereocenters. The molecule has 0 bridgehead atoms. The Bertz CT molecular complexity index is 458. The van der Waals surface area contributed by atoms with Crippen molar-refractivity contribution in [1.29, 1.82) is 5.26 Å². The summed E-state index contributed by atoms with van der Waals surface area (Å²) in [6.07, 6.45) is 3.94. The summed E-state index contributed by atoms with van der Waals surface area (Å²) in [5.41, 5.74) is 7.17. The van der Waals surface area contributed by atoms with Gasteiger partial charge in [-0.1, -0.05) is 18.6 Å². The zero-order valence-electron chi connectivity index (χ0n) is 9.78. The Morgan fingerprint density at radius 1 is 1.29 bits per heavy atom. The number of ketones is 1. The maximum atomic E-state index is 11.9. The third kappa shape index (κ3) is 2.54. The first-order chi connectivity index (χ1) is 8.14. The molecule has 3 heteroatoms. The van der Waals surface area contributed by atoms with Crippen LogP contribution < -0.4 is 5.73 Å². The quantitative estimate of drug-likeness (QED) is 0.841. The van der Waals surface area contributed by atoms with E-state index in [0.29, 0.717) is 18.4 Å². The average molecular weight is 228 g/mol. The standard InChI is InChI=1S/C14H16N2O/c15-10-12-6-4-11(5-7-12)9-14(16)8-2-1-3-13(14)17/h4-7H,1-3,8-9,16H2. The van der Waals surface area contributed by atoms with Crippen LogP contribution >= 0.6 is 0 Å². The van der Waals surface area contributed by atoms with Crippen LogP contribution in [0.3, 0.4) is 0 Å². The molecule has 0 amide bonds. The van der Waals surface area contributed by atoms with E-state index in [9.17, 15) is 4.79 Å². The van der Waals surface area contributed by atoms with Gasteiger partial charge in [0.2, 0.25) is 0 Å². The molecule has 0 aromatic heterocycles. The lowest BCUT2D eigenvalue weighted by atomic mass is 9.77. The number of carbonyl (C=O) groups is 1. The monoisotopic (exact) mass is 228 g/mol. The van der Waals surface area contributed by atoms with Gasteiger partial charge in [0, 0.05) is 6.42 Å². The van der Waals surface area contributed by atoms with Gasteiger partial charge in [0.25, 0.3) is 0 Å². The van der Waals surface area contributed by atoms with Crippen LogP contribution in [0.15, 0.2) is 24.3 Å². The number of nitrogens with two attached hydrogens (primary N) is 1. The lowest BCUT2D eigenvalue weighted by molar-refractivity contribution is -0.126. The molecule has 0 aliphatic heterocycles. The molecule has 1 saturated carbocycles. The van der Waals surface area contributed by atoms with Crippen molar-refractivity contribution in [2.45, 2.75) is 37.6 Å². The van der Waals surface area contributed by atoms with Crippen LogP contribution in [0.2, 0.25) is 0 Å². The highest BCUT2D eigenvalue weighted by atomic mass is 16.1. The minimum Gasteiger partial charge on any atom is -0.319 e. The van der Waals surface area contributed by atoms with Crippen LogP contribution in [0.1, 0.15) is 36.8 Å². The molecule has 1 fully saturated rings. The SMILES string of the molecule is N#Cc1ccc(CC2(N)CCCCC2=O)cc1. The maximum absolute atomic E-state index is 11.9. The molecule has 1 atom stereocenters. The minimum atomic E-state index is -0.688. The second-order valence-corrected chi connectivity index (χ2v) is 4.77. The molecule has 3 nitrogen and oxygen atoms in total. The summed E-state index contributed by atoms with van der Waals surface area (Å²) in [4.78, 5) is 11.9. The van der Waals surface area contributed by atoms with E-state index in [0.717, 1.165) is 24.8 Å². The van der Waals surface area contributed by atoms with Crippen LogP contribution in [0.4, 0.5) is 0 Å². The molecule has 17 heavy (non-hydrogen) atoms. The fourth-order valence-electron chi connectivity index (χ4n) is 2.36. The van der Waals surface area contributed by atoms with Crippen LogP contribution in [0.25, 0.3) is 0 Å². The van der Waals surface area contributed by atoms with E-state index in [-0.39, 0.29) is 5.78 Å². The van der Waals surface area contributed by atoms with Gasteiger partial charge in [-0.15, -0.1) is 0 Å². The lowest BCUT2D eigenvalue weighted by Crippen LogP contribution is -2.51. The fraction of sp³-hybridized carbons (Fsp3) is 0.429. The van der Waals surface area contributed by atoms with E-state index in [1.165, 1.54) is 0 Å². The lowest BCUT2D eigenvalue weighted by Gasteiger charge is -2.31. The molecule has 0 heterocycles. The highest BCUT2D eigenvalue weighted by molar-refractivity contribution is 5.89. The van der Waals surface area contributed by atoms with Gasteiger partial charge in [0.05, 0.1) is 17.2 Å². The zero-order valence-corrected chi connectivity index (χ0v) is 9.78. The van der Waals surface area contributed by atoms with E-state index in [4.69, 9.17) is 11.0 Å². The van der Waals surface area contributed by atoms with E-state index < -0.39 is 5.54 Å². The van der Waals surface area contributed by atoms with Gasteiger partial charge >= 0.3 is 0 Å². The van der Waals surface area contributed by atoms with E-state index >= 15 is 0 Å². The van der Waals surface area contributed by atoms with Crippen LogP contribution in [0.5, 0.6) is 0 Å². The Balaban J connectivity index is 2.14. The minimum absolute atomic E-state index is 0.174. The van der Waals surface area contributed by atoms with Crippen molar-refractivity contribution in [2.75, 3.05) is 0 Å². The molecule has 88 valence electrons. The molecule has 1 aliphatic rings. The van der Waals surface area contributed by atoms with E-state index in [1.807, 2.05) is 12.1 Å². The summed E-state index contributed by atoms with van der Waals surface area (Å²) >= 11 is 0. The number of benzene rings is 1. The molecule has 1 aromatic carbocycles. The Morgan fingerprint density at radius 2 is 2.00 bits per heavy atom. The van der Waals surface area contributed by atoms with Gasteiger partial charge in [-0.3, -0.25) is 4.79 Å². The Labute approximate surface area is 101 Å². The molecular weight excluding hydrogens is 212 g/mol. The van der Waals surface area contributed by atoms with Crippen molar-refractivity contribution in [2.24, 2.45) is 5.73 Å². The van der Waals surface area contributed by atoms with Crippen LogP contribution in [0, 0.1) is 11.3 Å². The summed E-state index contributed by atoms with van der Waals surface area (Å²) in [6, 6.07) is 9.39. The average Bonchev–Trinajstić information content (AvgIpc) is 2.34. The van der Waals surface area contributed by atoms with Crippen LogP contribution in [-0.2, 0) is 11.2 Å². The van der Waals surface area contributed by atoms with Gasteiger partial charge in [0.1, 0.15) is 0 Å². The second kappa shape index (κ2) is 4.68. The third-order valence-electron chi connectivity index (χ3n) is 3.43. The molecular formula is C14H16N2O. The molecule has 0 saturated heterocycles. The highest BCUT2D eigenvalue weighted by Crippen LogP contribution is 2.26. The first-order valence-electron chi connectivity index (χ1n) is 5.95. The van der Waals surface area contributed by atoms with Crippen molar-refractivity contribution >= 4 is 5.78 Å². The number of carbonyl (C=O) groups excluding carboxylic acids is 1. The van der Waals surface area contributed by atoms with Crippen molar-refractivity contribution in [3.8, 4) is 6.07 Å². The predicted octanol–water partition coefficient (Wildman–Crippen LogP) is 1.94. The molecule has 1 aliphatic carbocycles. The summed E-state index contributed by atoms with van der Waals surface area (Å²) in [7, 11) is 0. The normalized spacial score (nSPS) is 24.4. The topological polar surface area (TPSA) is 66.9 Å². The summed E-state index contributed by atoms with van der Waals surface area (Å²) in [5.74, 6) is 0.174. The zero-order chi connectivity index (χ0) is 12.3. The molecule has 2 N–H and O–H groups in total. The van der Waals surface area contributed by atoms with E-state index in [1.54, 1.807) is 12.1 Å². The number of rotatable bonds is 2. The Kier molecular flexibility index (Phi) is 3.26. The Hall–Kier alpha value is -1.66. The molecule has 0 spiro atoms.